The molecule has 0 radical (unpaired) electrons. The highest BCUT2D eigenvalue weighted by Crippen LogP contribution is 2.15. The van der Waals surface area contributed by atoms with Gasteiger partial charge >= 0.3 is 5.97 Å². The predicted octanol–water partition coefficient (Wildman–Crippen LogP) is 1.99. The molecule has 1 rings (SSSR count). The Bertz CT molecular complexity index is 407. The van der Waals surface area contributed by atoms with Gasteiger partial charge in [-0.1, -0.05) is 13.8 Å². The number of pyridine rings is 1. The molecule has 0 spiro atoms. The summed E-state index contributed by atoms with van der Waals surface area (Å²) in [5.41, 5.74) is 0.666. The third-order valence-corrected chi connectivity index (χ3v) is 3.62. The minimum atomic E-state index is -0.524. The lowest BCUT2D eigenvalue weighted by Crippen LogP contribution is -2.37. The van der Waals surface area contributed by atoms with Crippen molar-refractivity contribution in [3.8, 4) is 0 Å². The van der Waals surface area contributed by atoms with Gasteiger partial charge in [-0.3, -0.25) is 10.3 Å². The van der Waals surface area contributed by atoms with E-state index in [0.29, 0.717) is 12.2 Å². The maximum absolute atomic E-state index is 11.9. The second-order valence-corrected chi connectivity index (χ2v) is 5.25. The third kappa shape index (κ3) is 5.19. The molecule has 1 aromatic rings. The van der Waals surface area contributed by atoms with Crippen molar-refractivity contribution in [1.82, 2.24) is 15.2 Å². The van der Waals surface area contributed by atoms with E-state index in [1.807, 2.05) is 12.1 Å². The van der Waals surface area contributed by atoms with Gasteiger partial charge in [-0.05, 0) is 41.2 Å². The van der Waals surface area contributed by atoms with E-state index in [9.17, 15) is 4.79 Å². The monoisotopic (exact) mass is 343 g/mol. The van der Waals surface area contributed by atoms with Gasteiger partial charge in [0.2, 0.25) is 0 Å². The lowest BCUT2D eigenvalue weighted by Gasteiger charge is -2.21. The van der Waals surface area contributed by atoms with Crippen LogP contribution in [0.1, 0.15) is 25.6 Å². The Kier molecular flexibility index (Phi) is 7.72. The molecule has 0 saturated heterocycles. The molecule has 1 heterocycles. The smallest absolute Gasteiger partial charge is 0.329 e. The molecule has 0 amide bonds. The number of halogens is 1. The lowest BCUT2D eigenvalue weighted by atomic mass is 10.2. The number of ether oxygens (including phenoxy) is 1. The van der Waals surface area contributed by atoms with Crippen molar-refractivity contribution in [3.05, 3.63) is 28.5 Å². The molecule has 5 nitrogen and oxygen atoms in total. The number of esters is 1. The van der Waals surface area contributed by atoms with Crippen molar-refractivity contribution < 1.29 is 9.53 Å². The van der Waals surface area contributed by atoms with Crippen LogP contribution in [-0.4, -0.2) is 49.1 Å². The molecule has 0 fully saturated rings. The number of aromatic nitrogens is 1. The minimum absolute atomic E-state index is 0.320. The van der Waals surface area contributed by atoms with Crippen LogP contribution in [0, 0.1) is 0 Å². The number of hydrogen-bond donors (Lipinski definition) is 1. The number of carbonyl (C=O) groups is 1. The van der Waals surface area contributed by atoms with Crippen LogP contribution in [0.4, 0.5) is 0 Å². The number of carbonyl (C=O) groups excluding carboxylic acids is 1. The van der Waals surface area contributed by atoms with E-state index in [4.69, 9.17) is 4.74 Å². The van der Waals surface area contributed by atoms with E-state index < -0.39 is 6.04 Å². The highest BCUT2D eigenvalue weighted by atomic mass is 79.9. The van der Waals surface area contributed by atoms with Gasteiger partial charge in [-0.25, -0.2) is 4.79 Å². The first kappa shape index (κ1) is 17.1. The molecular weight excluding hydrogens is 322 g/mol. The van der Waals surface area contributed by atoms with E-state index in [2.05, 4.69) is 45.0 Å². The van der Waals surface area contributed by atoms with Crippen LogP contribution in [0.2, 0.25) is 0 Å². The maximum atomic E-state index is 11.9. The van der Waals surface area contributed by atoms with Gasteiger partial charge in [0.15, 0.2) is 0 Å². The highest BCUT2D eigenvalue weighted by molar-refractivity contribution is 9.10. The van der Waals surface area contributed by atoms with E-state index >= 15 is 0 Å². The topological polar surface area (TPSA) is 54.5 Å². The molecule has 0 aliphatic heterocycles. The number of likely N-dealkylation sites (N-methyl/N-ethyl adjacent to an activating group) is 1. The van der Waals surface area contributed by atoms with E-state index in [1.54, 1.807) is 6.20 Å². The Hall–Kier alpha value is -0.980. The Morgan fingerprint density at radius 1 is 1.45 bits per heavy atom. The Labute approximate surface area is 128 Å². The van der Waals surface area contributed by atoms with Gasteiger partial charge in [0, 0.05) is 23.8 Å². The Balaban J connectivity index is 2.66. The van der Waals surface area contributed by atoms with Crippen LogP contribution in [0.25, 0.3) is 0 Å². The highest BCUT2D eigenvalue weighted by Gasteiger charge is 2.22. The van der Waals surface area contributed by atoms with Crippen molar-refractivity contribution in [2.75, 3.05) is 33.3 Å². The summed E-state index contributed by atoms with van der Waals surface area (Å²) in [4.78, 5) is 18.4. The molecule has 1 atom stereocenters. The molecule has 20 heavy (non-hydrogen) atoms. The van der Waals surface area contributed by atoms with Gasteiger partial charge in [-0.15, -0.1) is 0 Å². The summed E-state index contributed by atoms with van der Waals surface area (Å²) in [6, 6.07) is 3.16. The van der Waals surface area contributed by atoms with E-state index in [0.717, 1.165) is 24.1 Å². The number of rotatable bonds is 8. The van der Waals surface area contributed by atoms with Crippen molar-refractivity contribution in [1.29, 1.82) is 0 Å². The number of methoxy groups -OCH3 is 1. The van der Waals surface area contributed by atoms with Crippen LogP contribution in [0.15, 0.2) is 22.8 Å². The third-order valence-electron chi connectivity index (χ3n) is 3.15. The van der Waals surface area contributed by atoms with Crippen LogP contribution in [0.5, 0.6) is 0 Å². The van der Waals surface area contributed by atoms with Crippen molar-refractivity contribution >= 4 is 21.9 Å². The summed E-state index contributed by atoms with van der Waals surface area (Å²) in [6.07, 6.45) is 1.68. The van der Waals surface area contributed by atoms with Crippen LogP contribution in [0.3, 0.4) is 0 Å². The van der Waals surface area contributed by atoms with Crippen molar-refractivity contribution in [2.45, 2.75) is 19.9 Å². The SMILES string of the molecule is CCN(CC)CCNC(C(=O)OC)c1ccc(Br)cn1. The molecule has 0 aliphatic carbocycles. The van der Waals surface area contributed by atoms with Gasteiger partial charge in [0.1, 0.15) is 6.04 Å². The molecule has 1 unspecified atom stereocenters. The molecule has 0 saturated carbocycles. The molecule has 0 aromatic carbocycles. The molecule has 112 valence electrons. The zero-order valence-corrected chi connectivity index (χ0v) is 13.8. The fourth-order valence-corrected chi connectivity index (χ4v) is 2.13. The standard InChI is InChI=1S/C14H22BrN3O2/c1-4-18(5-2)9-8-16-13(14(19)20-3)12-7-6-11(15)10-17-12/h6-7,10,13,16H,4-5,8-9H2,1-3H3. The fourth-order valence-electron chi connectivity index (χ4n) is 1.89. The summed E-state index contributed by atoms with van der Waals surface area (Å²) in [6.45, 7) is 7.83. The van der Waals surface area contributed by atoms with Crippen molar-refractivity contribution in [2.24, 2.45) is 0 Å². The zero-order chi connectivity index (χ0) is 15.0. The molecule has 1 aromatic heterocycles. The number of hydrogen-bond acceptors (Lipinski definition) is 5. The molecule has 0 bridgehead atoms. The molecule has 1 N–H and O–H groups in total. The summed E-state index contributed by atoms with van der Waals surface area (Å²) in [7, 11) is 1.39. The van der Waals surface area contributed by atoms with Gasteiger partial charge in [0.05, 0.1) is 12.8 Å². The summed E-state index contributed by atoms with van der Waals surface area (Å²) >= 11 is 3.33. The quantitative estimate of drug-likeness (QED) is 0.731. The van der Waals surface area contributed by atoms with Gasteiger partial charge in [-0.2, -0.15) is 0 Å². The summed E-state index contributed by atoms with van der Waals surface area (Å²) in [5.74, 6) is -0.320. The second kappa shape index (κ2) is 9.05. The normalized spacial score (nSPS) is 12.4. The molecular formula is C14H22BrN3O2. The first-order chi connectivity index (χ1) is 9.62. The Morgan fingerprint density at radius 2 is 2.15 bits per heavy atom. The second-order valence-electron chi connectivity index (χ2n) is 4.34. The van der Waals surface area contributed by atoms with E-state index in [1.165, 1.54) is 7.11 Å². The average Bonchev–Trinajstić information content (AvgIpc) is 2.48. The fraction of sp³-hybridized carbons (Fsp3) is 0.571. The molecule has 0 aliphatic rings. The van der Waals surface area contributed by atoms with Crippen molar-refractivity contribution in [3.63, 3.8) is 0 Å². The number of nitrogens with zero attached hydrogens (tertiary/aromatic N) is 2. The Morgan fingerprint density at radius 3 is 2.65 bits per heavy atom. The van der Waals surface area contributed by atoms with Gasteiger partial charge < -0.3 is 9.64 Å². The molecule has 6 heteroatoms. The number of nitrogens with one attached hydrogen (secondary N) is 1. The minimum Gasteiger partial charge on any atom is -0.468 e. The zero-order valence-electron chi connectivity index (χ0n) is 12.2. The summed E-state index contributed by atoms with van der Waals surface area (Å²) < 4.78 is 5.72. The first-order valence-corrected chi connectivity index (χ1v) is 7.56. The van der Waals surface area contributed by atoms with Crippen LogP contribution in [-0.2, 0) is 9.53 Å². The lowest BCUT2D eigenvalue weighted by molar-refractivity contribution is -0.143. The maximum Gasteiger partial charge on any atom is 0.329 e. The van der Waals surface area contributed by atoms with Crippen LogP contribution >= 0.6 is 15.9 Å². The van der Waals surface area contributed by atoms with Gasteiger partial charge in [0.25, 0.3) is 0 Å². The van der Waals surface area contributed by atoms with Crippen LogP contribution < -0.4 is 5.32 Å². The first-order valence-electron chi connectivity index (χ1n) is 6.77. The predicted molar refractivity (Wildman–Crippen MR) is 82.5 cm³/mol. The summed E-state index contributed by atoms with van der Waals surface area (Å²) in [5, 5.41) is 3.21. The average molecular weight is 344 g/mol. The largest absolute Gasteiger partial charge is 0.468 e. The van der Waals surface area contributed by atoms with E-state index in [-0.39, 0.29) is 5.97 Å².